The Morgan fingerprint density at radius 3 is 2.59 bits per heavy atom. The topological polar surface area (TPSA) is 144 Å². The summed E-state index contributed by atoms with van der Waals surface area (Å²) in [5.74, 6) is 0.108. The van der Waals surface area contributed by atoms with Crippen LogP contribution in [0.4, 0.5) is 17.3 Å². The SMILES string of the molecule is CS(=O)(=O)c1ccc(Nc2nc(N3CCCC(N)C3)cnc2C(N)=O)cc1. The molecule has 10 heteroatoms. The number of amides is 1. The zero-order chi connectivity index (χ0) is 19.6. The Bertz CT molecular complexity index is 946. The number of carbonyl (C=O) groups excluding carboxylic acids is 1. The van der Waals surface area contributed by atoms with Crippen molar-refractivity contribution in [2.75, 3.05) is 29.6 Å². The van der Waals surface area contributed by atoms with E-state index >= 15 is 0 Å². The number of benzene rings is 1. The van der Waals surface area contributed by atoms with Crippen molar-refractivity contribution in [3.63, 3.8) is 0 Å². The van der Waals surface area contributed by atoms with Crippen LogP contribution < -0.4 is 21.7 Å². The van der Waals surface area contributed by atoms with Crippen LogP contribution in [0, 0.1) is 0 Å². The number of rotatable bonds is 5. The van der Waals surface area contributed by atoms with Crippen molar-refractivity contribution >= 4 is 33.1 Å². The van der Waals surface area contributed by atoms with Crippen molar-refractivity contribution in [3.8, 4) is 0 Å². The highest BCUT2D eigenvalue weighted by Gasteiger charge is 2.21. The van der Waals surface area contributed by atoms with Crippen LogP contribution in [-0.4, -0.2) is 49.7 Å². The predicted molar refractivity (Wildman–Crippen MR) is 103 cm³/mol. The minimum atomic E-state index is -3.29. The van der Waals surface area contributed by atoms with E-state index in [2.05, 4.69) is 15.3 Å². The van der Waals surface area contributed by atoms with Gasteiger partial charge in [-0.25, -0.2) is 18.4 Å². The van der Waals surface area contributed by atoms with E-state index in [4.69, 9.17) is 11.5 Å². The summed E-state index contributed by atoms with van der Waals surface area (Å²) in [6.45, 7) is 1.47. The van der Waals surface area contributed by atoms with E-state index < -0.39 is 15.7 Å². The van der Waals surface area contributed by atoms with Gasteiger partial charge in [0.05, 0.1) is 11.1 Å². The molecule has 27 heavy (non-hydrogen) atoms. The van der Waals surface area contributed by atoms with Crippen molar-refractivity contribution in [3.05, 3.63) is 36.2 Å². The van der Waals surface area contributed by atoms with E-state index in [-0.39, 0.29) is 22.4 Å². The molecule has 3 rings (SSSR count). The van der Waals surface area contributed by atoms with Gasteiger partial charge in [0.15, 0.2) is 21.3 Å². The lowest BCUT2D eigenvalue weighted by atomic mass is 10.1. The second-order valence-corrected chi connectivity index (χ2v) is 8.58. The number of primary amides is 1. The number of nitrogens with one attached hydrogen (secondary N) is 1. The van der Waals surface area contributed by atoms with E-state index in [1.807, 2.05) is 4.90 Å². The molecule has 2 aromatic rings. The van der Waals surface area contributed by atoms with Gasteiger partial charge in [-0.05, 0) is 37.1 Å². The van der Waals surface area contributed by atoms with Gasteiger partial charge in [0, 0.05) is 31.1 Å². The fourth-order valence-corrected chi connectivity index (χ4v) is 3.57. The molecule has 9 nitrogen and oxygen atoms in total. The molecular formula is C17H22N6O3S. The largest absolute Gasteiger partial charge is 0.364 e. The number of sulfone groups is 1. The maximum absolute atomic E-state index is 11.7. The lowest BCUT2D eigenvalue weighted by molar-refractivity contribution is 0.0996. The van der Waals surface area contributed by atoms with E-state index in [0.29, 0.717) is 18.1 Å². The molecule has 1 aromatic carbocycles. The second kappa shape index (κ2) is 7.49. The van der Waals surface area contributed by atoms with Crippen LogP contribution in [0.2, 0.25) is 0 Å². The summed E-state index contributed by atoms with van der Waals surface area (Å²) in [5, 5.41) is 3.00. The van der Waals surface area contributed by atoms with Crippen molar-refractivity contribution in [1.29, 1.82) is 0 Å². The molecule has 0 aliphatic carbocycles. The van der Waals surface area contributed by atoms with E-state index in [0.717, 1.165) is 25.6 Å². The van der Waals surface area contributed by atoms with Gasteiger partial charge < -0.3 is 21.7 Å². The molecule has 1 saturated heterocycles. The fourth-order valence-electron chi connectivity index (χ4n) is 2.94. The smallest absolute Gasteiger partial charge is 0.271 e. The predicted octanol–water partition coefficient (Wildman–Crippen LogP) is 0.650. The zero-order valence-electron chi connectivity index (χ0n) is 14.9. The first kappa shape index (κ1) is 19.1. The third kappa shape index (κ3) is 4.52. The standard InChI is InChI=1S/C17H22N6O3S/c1-27(25,26)13-6-4-12(5-7-13)21-17-15(16(19)24)20-9-14(22-17)23-8-2-3-11(18)10-23/h4-7,9,11H,2-3,8,10,18H2,1H3,(H2,19,24)(H,21,22). The number of carbonyl (C=O) groups is 1. The van der Waals surface area contributed by atoms with Gasteiger partial charge in [-0.2, -0.15) is 0 Å². The van der Waals surface area contributed by atoms with E-state index in [1.165, 1.54) is 18.3 Å². The van der Waals surface area contributed by atoms with Crippen LogP contribution >= 0.6 is 0 Å². The molecule has 0 saturated carbocycles. The molecular weight excluding hydrogens is 368 g/mol. The highest BCUT2D eigenvalue weighted by Crippen LogP contribution is 2.23. The summed E-state index contributed by atoms with van der Waals surface area (Å²) < 4.78 is 23.1. The van der Waals surface area contributed by atoms with Gasteiger partial charge in [-0.1, -0.05) is 0 Å². The average Bonchev–Trinajstić information content (AvgIpc) is 2.61. The highest BCUT2D eigenvalue weighted by atomic mass is 32.2. The number of piperidine rings is 1. The molecule has 0 radical (unpaired) electrons. The maximum atomic E-state index is 11.7. The van der Waals surface area contributed by atoms with Gasteiger partial charge in [0.25, 0.3) is 5.91 Å². The summed E-state index contributed by atoms with van der Waals surface area (Å²) in [6, 6.07) is 6.19. The quantitative estimate of drug-likeness (QED) is 0.675. The number of nitrogens with two attached hydrogens (primary N) is 2. The summed E-state index contributed by atoms with van der Waals surface area (Å²) in [7, 11) is -3.29. The van der Waals surface area contributed by atoms with Crippen LogP contribution in [0.5, 0.6) is 0 Å². The molecule has 1 fully saturated rings. The second-order valence-electron chi connectivity index (χ2n) is 6.56. The Kier molecular flexibility index (Phi) is 5.29. The van der Waals surface area contributed by atoms with Crippen LogP contribution in [0.25, 0.3) is 0 Å². The monoisotopic (exact) mass is 390 g/mol. The van der Waals surface area contributed by atoms with Gasteiger partial charge >= 0.3 is 0 Å². The minimum Gasteiger partial charge on any atom is -0.364 e. The summed E-state index contributed by atoms with van der Waals surface area (Å²) in [4.78, 5) is 22.6. The van der Waals surface area contributed by atoms with Gasteiger partial charge in [-0.15, -0.1) is 0 Å². The first-order valence-corrected chi connectivity index (χ1v) is 10.4. The van der Waals surface area contributed by atoms with Crippen molar-refractivity contribution in [2.45, 2.75) is 23.8 Å². The minimum absolute atomic E-state index is 0.00671. The van der Waals surface area contributed by atoms with Crippen molar-refractivity contribution < 1.29 is 13.2 Å². The van der Waals surface area contributed by atoms with Crippen LogP contribution in [0.1, 0.15) is 23.3 Å². The van der Waals surface area contributed by atoms with Gasteiger partial charge in [0.1, 0.15) is 5.82 Å². The molecule has 1 aliphatic rings. The summed E-state index contributed by atoms with van der Waals surface area (Å²) >= 11 is 0. The van der Waals surface area contributed by atoms with Gasteiger partial charge in [-0.3, -0.25) is 4.79 Å². The fraction of sp³-hybridized carbons (Fsp3) is 0.353. The Morgan fingerprint density at radius 1 is 1.30 bits per heavy atom. The molecule has 2 heterocycles. The maximum Gasteiger partial charge on any atom is 0.271 e. The van der Waals surface area contributed by atoms with Crippen molar-refractivity contribution in [2.24, 2.45) is 11.5 Å². The molecule has 0 bridgehead atoms. The van der Waals surface area contributed by atoms with Crippen LogP contribution in [-0.2, 0) is 9.84 Å². The summed E-state index contributed by atoms with van der Waals surface area (Å²) in [6.07, 6.45) is 4.56. The molecule has 1 aliphatic heterocycles. The Morgan fingerprint density at radius 2 is 2.00 bits per heavy atom. The average molecular weight is 390 g/mol. The third-order valence-corrected chi connectivity index (χ3v) is 5.45. The highest BCUT2D eigenvalue weighted by molar-refractivity contribution is 7.90. The van der Waals surface area contributed by atoms with Crippen LogP contribution in [0.3, 0.4) is 0 Å². The van der Waals surface area contributed by atoms with E-state index in [9.17, 15) is 13.2 Å². The Balaban J connectivity index is 1.90. The third-order valence-electron chi connectivity index (χ3n) is 4.32. The summed E-state index contributed by atoms with van der Waals surface area (Å²) in [5.41, 5.74) is 12.0. The Hall–Kier alpha value is -2.72. The number of hydrogen-bond donors (Lipinski definition) is 3. The number of aromatic nitrogens is 2. The van der Waals surface area contributed by atoms with E-state index in [1.54, 1.807) is 12.1 Å². The van der Waals surface area contributed by atoms with Gasteiger partial charge in [0.2, 0.25) is 0 Å². The first-order valence-electron chi connectivity index (χ1n) is 8.48. The number of nitrogens with zero attached hydrogens (tertiary/aromatic N) is 3. The van der Waals surface area contributed by atoms with Crippen molar-refractivity contribution in [1.82, 2.24) is 9.97 Å². The first-order chi connectivity index (χ1) is 12.7. The molecule has 144 valence electrons. The number of anilines is 3. The zero-order valence-corrected chi connectivity index (χ0v) is 15.7. The Labute approximate surface area is 157 Å². The van der Waals surface area contributed by atoms with Crippen LogP contribution in [0.15, 0.2) is 35.4 Å². The molecule has 1 amide bonds. The molecule has 1 atom stereocenters. The molecule has 0 spiro atoms. The number of hydrogen-bond acceptors (Lipinski definition) is 8. The molecule has 1 unspecified atom stereocenters. The molecule has 5 N–H and O–H groups in total. The molecule has 1 aromatic heterocycles. The normalized spacial score (nSPS) is 17.6. The lowest BCUT2D eigenvalue weighted by Gasteiger charge is -2.31. The lowest BCUT2D eigenvalue weighted by Crippen LogP contribution is -2.43.